The van der Waals surface area contributed by atoms with E-state index in [1.54, 1.807) is 46.5 Å². The van der Waals surface area contributed by atoms with Crippen LogP contribution in [0.25, 0.3) is 0 Å². The zero-order valence-electron chi connectivity index (χ0n) is 49.5. The Labute approximate surface area is 487 Å². The van der Waals surface area contributed by atoms with Gasteiger partial charge in [0.25, 0.3) is 11.7 Å². The van der Waals surface area contributed by atoms with Crippen molar-refractivity contribution in [1.29, 1.82) is 0 Å². The first-order valence-electron chi connectivity index (χ1n) is 28.9. The number of methoxy groups -OCH3 is 3. The average molecular weight is 1200 g/mol. The van der Waals surface area contributed by atoms with Crippen molar-refractivity contribution in [2.24, 2.45) is 35.5 Å². The van der Waals surface area contributed by atoms with E-state index in [0.29, 0.717) is 50.5 Å². The second-order valence-electron chi connectivity index (χ2n) is 23.4. The van der Waals surface area contributed by atoms with Crippen LogP contribution in [0.1, 0.15) is 126 Å². The third kappa shape index (κ3) is 18.3. The normalized spacial score (nSPS) is 39.9. The number of carbonyl (C=O) groups excluding carboxylic acids is 6. The van der Waals surface area contributed by atoms with Gasteiger partial charge in [0, 0.05) is 58.5 Å². The summed E-state index contributed by atoms with van der Waals surface area (Å²) in [5, 5.41) is 63.8. The minimum atomic E-state index is -4.86. The van der Waals surface area contributed by atoms with Crippen LogP contribution in [-0.4, -0.2) is 199 Å². The molecule has 0 aromatic heterocycles. The molecule has 20 atom stereocenters. The second-order valence-corrected chi connectivity index (χ2v) is 24.9. The van der Waals surface area contributed by atoms with Crippen molar-refractivity contribution in [3.8, 4) is 0 Å². The number of Topliss-reactive ketones (excluding diaryl/α,β-unsaturated/α-hetero) is 3. The maximum absolute atomic E-state index is 14.6. The van der Waals surface area contributed by atoms with Gasteiger partial charge in [-0.3, -0.25) is 19.2 Å². The minimum absolute atomic E-state index is 0.0101. The summed E-state index contributed by atoms with van der Waals surface area (Å²) in [6, 6.07) is -3.11. The lowest BCUT2D eigenvalue weighted by atomic mass is 9.78. The standard InChI is InChI=1S/C58H91N3O21S/c1-31-16-12-11-13-17-32(2)43(76-8)28-39-21-19-37(7)58(73,82-39)53(68)54(69)61-23-15-14-18-40(61)55(70)79-44(29-41(63)33(3)25-36(6)49(65)52(78-10)48(64)35(5)24-31)34(4)26-38-20-22-42(45(27-38)77-9)81-57(72)60-83(74,75)59-47-51(67)50(66)46(30-62)80-56(47)71/h11-13,16-17,25,31,33-35,37-40,42-47,49-52,56,59,62,65-67,71,73H,14-15,18-24,26-30H2,1-10H3,(H,60,72)/b13-11+,16-12+,32-17+,36-25+/t31-,33-,34-,35-,37-,38+,39+,40+,42-,43+,44+,45-,46-,47-,49-,50-,51-,52+,56+,58-/m1/s1. The Bertz CT molecular complexity index is 2470. The van der Waals surface area contributed by atoms with Crippen molar-refractivity contribution in [2.75, 3.05) is 34.5 Å². The first kappa shape index (κ1) is 69.4. The predicted octanol–water partition coefficient (Wildman–Crippen LogP) is 2.55. The fraction of sp³-hybridized carbons (Fsp3) is 0.759. The molecule has 0 radical (unpaired) electrons. The Morgan fingerprint density at radius 2 is 1.57 bits per heavy atom. The summed E-state index contributed by atoms with van der Waals surface area (Å²) < 4.78 is 69.4. The number of fused-ring (bicyclic) bond motifs is 3. The van der Waals surface area contributed by atoms with Crippen LogP contribution in [-0.2, 0) is 67.3 Å². The van der Waals surface area contributed by atoms with Crippen LogP contribution in [0.5, 0.6) is 0 Å². The number of esters is 1. The Morgan fingerprint density at radius 3 is 2.23 bits per heavy atom. The number of nitrogens with zero attached hydrogens (tertiary/aromatic N) is 1. The van der Waals surface area contributed by atoms with E-state index in [0.717, 1.165) is 10.5 Å². The molecule has 2 amide bonds. The molecule has 2 bridgehead atoms. The van der Waals surface area contributed by atoms with Crippen molar-refractivity contribution in [2.45, 2.75) is 211 Å². The van der Waals surface area contributed by atoms with Gasteiger partial charge in [-0.2, -0.15) is 13.1 Å². The van der Waals surface area contributed by atoms with Crippen molar-refractivity contribution in [3.05, 3.63) is 47.6 Å². The van der Waals surface area contributed by atoms with Crippen molar-refractivity contribution in [1.82, 2.24) is 14.3 Å². The number of carbonyl (C=O) groups is 6. The molecule has 5 aliphatic rings. The van der Waals surface area contributed by atoms with E-state index in [9.17, 15) is 67.8 Å². The Balaban J connectivity index is 1.39. The fourth-order valence-electron chi connectivity index (χ4n) is 11.9. The van der Waals surface area contributed by atoms with Crippen molar-refractivity contribution < 1.29 is 101 Å². The summed E-state index contributed by atoms with van der Waals surface area (Å²) in [6.07, 6.45) is -1.01. The molecule has 83 heavy (non-hydrogen) atoms. The van der Waals surface area contributed by atoms with E-state index in [4.69, 9.17) is 33.2 Å². The van der Waals surface area contributed by atoms with Gasteiger partial charge in [0.05, 0.1) is 24.9 Å². The zero-order chi connectivity index (χ0) is 61.7. The van der Waals surface area contributed by atoms with Crippen LogP contribution in [0.3, 0.4) is 0 Å². The number of ketones is 3. The summed E-state index contributed by atoms with van der Waals surface area (Å²) >= 11 is 0. The molecular formula is C58H91N3O21S. The SMILES string of the molecule is CO[C@H]1C[C@@H]2CC[C@@H](C)[C@@](O)(O2)C(=O)C(=O)N2CCCC[C@H]2C(=O)O[C@H]([C@H](C)C[C@@H]2CC[C@@H](OC(=O)NS(=O)(=O)N[C@@H]3[C@@H](O)[C@H](O)[C@@H](CO)O[C@@H]3O)[C@H](OC)C2)CC(=O)[C@H](C)/C=C(\C)[C@@H](O)[C@@H](OC)C(=O)[C@H](C)C[C@H](C)/C=C/C=C/C=C/1C. The number of rotatable bonds is 11. The summed E-state index contributed by atoms with van der Waals surface area (Å²) in [5.74, 6) is -9.45. The van der Waals surface area contributed by atoms with Gasteiger partial charge >= 0.3 is 22.3 Å². The lowest BCUT2D eigenvalue weighted by molar-refractivity contribution is -0.265. The number of piperidine rings is 1. The number of amides is 2. The number of aliphatic hydroxyl groups excluding tert-OH is 5. The molecule has 1 saturated carbocycles. The van der Waals surface area contributed by atoms with Crippen molar-refractivity contribution >= 4 is 45.5 Å². The molecule has 3 saturated heterocycles. The Hall–Kier alpha value is -4.35. The molecule has 1 aliphatic carbocycles. The molecule has 5 rings (SSSR count). The third-order valence-corrected chi connectivity index (χ3v) is 18.1. The molecule has 0 unspecified atom stereocenters. The number of cyclic esters (lactones) is 1. The number of nitrogens with one attached hydrogen (secondary N) is 2. The highest BCUT2D eigenvalue weighted by molar-refractivity contribution is 7.88. The number of hydrogen-bond donors (Lipinski definition) is 8. The summed E-state index contributed by atoms with van der Waals surface area (Å²) in [6.45, 7) is 11.4. The van der Waals surface area contributed by atoms with Crippen LogP contribution in [0.2, 0.25) is 0 Å². The molecule has 0 aromatic carbocycles. The highest BCUT2D eigenvalue weighted by atomic mass is 32.2. The minimum Gasteiger partial charge on any atom is -0.460 e. The first-order chi connectivity index (χ1) is 39.1. The van der Waals surface area contributed by atoms with Gasteiger partial charge in [-0.15, -0.1) is 0 Å². The molecular weight excluding hydrogens is 1110 g/mol. The van der Waals surface area contributed by atoms with Crippen LogP contribution < -0.4 is 9.44 Å². The maximum atomic E-state index is 14.6. The molecule has 4 fully saturated rings. The summed E-state index contributed by atoms with van der Waals surface area (Å²) in [4.78, 5) is 85.7. The first-order valence-corrected chi connectivity index (χ1v) is 30.4. The molecule has 25 heteroatoms. The summed E-state index contributed by atoms with van der Waals surface area (Å²) in [5.41, 5.74) is 1.13. The van der Waals surface area contributed by atoms with E-state index in [1.807, 2.05) is 48.9 Å². The monoisotopic (exact) mass is 1200 g/mol. The van der Waals surface area contributed by atoms with Crippen molar-refractivity contribution in [3.63, 3.8) is 0 Å². The lowest BCUT2D eigenvalue weighted by Crippen LogP contribution is -2.65. The highest BCUT2D eigenvalue weighted by Gasteiger charge is 2.53. The van der Waals surface area contributed by atoms with Crippen LogP contribution in [0.4, 0.5) is 4.79 Å². The molecule has 4 aliphatic heterocycles. The second kappa shape index (κ2) is 31.3. The largest absolute Gasteiger partial charge is 0.460 e. The number of hydrogen-bond acceptors (Lipinski definition) is 21. The predicted molar refractivity (Wildman–Crippen MR) is 298 cm³/mol. The number of allylic oxidation sites excluding steroid dienone is 6. The van der Waals surface area contributed by atoms with Gasteiger partial charge in [-0.25, -0.2) is 14.3 Å². The number of aliphatic hydroxyl groups is 6. The topological polar surface area (TPSA) is 350 Å². The molecule has 24 nitrogen and oxygen atoms in total. The van der Waals surface area contributed by atoms with Gasteiger partial charge in [-0.05, 0) is 107 Å². The van der Waals surface area contributed by atoms with Gasteiger partial charge in [-0.1, -0.05) is 71.1 Å². The maximum Gasteiger partial charge on any atom is 0.422 e. The third-order valence-electron chi connectivity index (χ3n) is 17.1. The molecule has 470 valence electrons. The molecule has 8 N–H and O–H groups in total. The Kier molecular flexibility index (Phi) is 26.2. The van der Waals surface area contributed by atoms with Gasteiger partial charge in [0.1, 0.15) is 60.6 Å². The van der Waals surface area contributed by atoms with E-state index in [2.05, 4.69) is 0 Å². The zero-order valence-corrected chi connectivity index (χ0v) is 50.3. The summed E-state index contributed by atoms with van der Waals surface area (Å²) in [7, 11) is -0.614. The van der Waals surface area contributed by atoms with E-state index in [-0.39, 0.29) is 56.3 Å². The smallest absolute Gasteiger partial charge is 0.422 e. The van der Waals surface area contributed by atoms with Gasteiger partial charge in [0.15, 0.2) is 12.1 Å². The van der Waals surface area contributed by atoms with Crippen LogP contribution >= 0.6 is 0 Å². The molecule has 0 spiro atoms. The Morgan fingerprint density at radius 1 is 0.855 bits per heavy atom. The molecule has 0 aromatic rings. The highest BCUT2D eigenvalue weighted by Crippen LogP contribution is 2.38. The fourth-order valence-corrected chi connectivity index (χ4v) is 12.9. The van der Waals surface area contributed by atoms with E-state index >= 15 is 0 Å². The lowest BCUT2D eigenvalue weighted by Gasteiger charge is -2.42. The van der Waals surface area contributed by atoms with Crippen LogP contribution in [0, 0.1) is 35.5 Å². The quantitative estimate of drug-likeness (QED) is 0.0837. The van der Waals surface area contributed by atoms with E-state index in [1.165, 1.54) is 20.3 Å². The number of ether oxygens (including phenoxy) is 7. The molecule has 4 heterocycles. The van der Waals surface area contributed by atoms with Gasteiger partial charge in [0.2, 0.25) is 5.79 Å². The van der Waals surface area contributed by atoms with Gasteiger partial charge < -0.3 is 68.7 Å². The van der Waals surface area contributed by atoms with E-state index < -0.39 is 155 Å². The van der Waals surface area contributed by atoms with Crippen LogP contribution in [0.15, 0.2) is 47.6 Å². The average Bonchev–Trinajstić information content (AvgIpc) is 3.65.